The summed E-state index contributed by atoms with van der Waals surface area (Å²) in [6.07, 6.45) is 4.03. The Hall–Kier alpha value is -1.65. The van der Waals surface area contributed by atoms with Gasteiger partial charge in [0.05, 0.1) is 6.10 Å². The molecule has 0 fully saturated rings. The molecule has 1 aromatic heterocycles. The molecule has 2 aromatic carbocycles. The Bertz CT molecular complexity index is 905. The van der Waals surface area contributed by atoms with Gasteiger partial charge < -0.3 is 5.11 Å². The van der Waals surface area contributed by atoms with Crippen molar-refractivity contribution < 1.29 is 5.11 Å². The molecule has 0 aliphatic carbocycles. The van der Waals surface area contributed by atoms with E-state index in [4.69, 9.17) is 0 Å². The van der Waals surface area contributed by atoms with Gasteiger partial charge in [0.2, 0.25) is 0 Å². The van der Waals surface area contributed by atoms with E-state index >= 15 is 0 Å². The predicted molar refractivity (Wildman–Crippen MR) is 118 cm³/mol. The fourth-order valence-electron chi connectivity index (χ4n) is 3.80. The van der Waals surface area contributed by atoms with Gasteiger partial charge in [-0.15, -0.1) is 23.7 Å². The molecule has 0 saturated carbocycles. The second kappa shape index (κ2) is 9.03. The number of aliphatic hydroxyl groups excluding tert-OH is 1. The van der Waals surface area contributed by atoms with Crippen molar-refractivity contribution in [1.29, 1.82) is 0 Å². The summed E-state index contributed by atoms with van der Waals surface area (Å²) in [6.45, 7) is 4.08. The first-order valence-corrected chi connectivity index (χ1v) is 10.2. The Morgan fingerprint density at radius 3 is 2.56 bits per heavy atom. The van der Waals surface area contributed by atoms with E-state index < -0.39 is 6.10 Å². The van der Waals surface area contributed by atoms with Gasteiger partial charge in [-0.2, -0.15) is 0 Å². The van der Waals surface area contributed by atoms with Crippen molar-refractivity contribution in [2.24, 2.45) is 0 Å². The van der Waals surface area contributed by atoms with Gasteiger partial charge >= 0.3 is 0 Å². The molecule has 2 atom stereocenters. The van der Waals surface area contributed by atoms with Crippen LogP contribution in [0.15, 0.2) is 71.6 Å². The lowest BCUT2D eigenvalue weighted by Crippen LogP contribution is -2.40. The number of benzene rings is 2. The first kappa shape index (κ1) is 20.1. The molecule has 0 spiro atoms. The van der Waals surface area contributed by atoms with Gasteiger partial charge in [-0.05, 0) is 42.2 Å². The van der Waals surface area contributed by atoms with Crippen molar-refractivity contribution in [2.45, 2.75) is 31.9 Å². The Kier molecular flexibility index (Phi) is 6.72. The lowest BCUT2D eigenvalue weighted by molar-refractivity contribution is 0.0635. The quantitative estimate of drug-likeness (QED) is 0.563. The summed E-state index contributed by atoms with van der Waals surface area (Å²) in [4.78, 5) is 2.39. The van der Waals surface area contributed by atoms with E-state index in [2.05, 4.69) is 77.9 Å². The third-order valence-electron chi connectivity index (χ3n) is 5.47. The van der Waals surface area contributed by atoms with Crippen molar-refractivity contribution in [1.82, 2.24) is 4.90 Å². The average molecular weight is 400 g/mol. The molecule has 27 heavy (non-hydrogen) atoms. The van der Waals surface area contributed by atoms with Crippen LogP contribution in [0.4, 0.5) is 0 Å². The number of halogens is 1. The second-order valence-corrected chi connectivity index (χ2v) is 8.05. The number of hydrogen-bond donors (Lipinski definition) is 1. The van der Waals surface area contributed by atoms with E-state index in [1.807, 2.05) is 0 Å². The zero-order valence-electron chi connectivity index (χ0n) is 15.5. The largest absolute Gasteiger partial charge is 0.387 e. The van der Waals surface area contributed by atoms with Crippen LogP contribution in [0.3, 0.4) is 0 Å². The van der Waals surface area contributed by atoms with Crippen molar-refractivity contribution in [2.75, 3.05) is 13.1 Å². The summed E-state index contributed by atoms with van der Waals surface area (Å²) in [7, 11) is 0. The smallest absolute Gasteiger partial charge is 0.0956 e. The molecule has 4 heteroatoms. The van der Waals surface area contributed by atoms with E-state index in [9.17, 15) is 5.11 Å². The van der Waals surface area contributed by atoms with Gasteiger partial charge in [0.1, 0.15) is 0 Å². The van der Waals surface area contributed by atoms with Crippen molar-refractivity contribution in [3.63, 3.8) is 0 Å². The van der Waals surface area contributed by atoms with Gasteiger partial charge in [0.25, 0.3) is 0 Å². The highest BCUT2D eigenvalue weighted by Crippen LogP contribution is 2.33. The van der Waals surface area contributed by atoms with Crippen LogP contribution in [-0.2, 0) is 6.42 Å². The molecular weight excluding hydrogens is 374 g/mol. The molecule has 0 amide bonds. The van der Waals surface area contributed by atoms with Gasteiger partial charge in [0.15, 0.2) is 0 Å². The van der Waals surface area contributed by atoms with Crippen LogP contribution in [0.25, 0.3) is 10.1 Å². The molecule has 0 radical (unpaired) electrons. The van der Waals surface area contributed by atoms with Crippen molar-refractivity contribution in [3.05, 3.63) is 82.8 Å². The highest BCUT2D eigenvalue weighted by atomic mass is 35.5. The van der Waals surface area contributed by atoms with E-state index in [1.54, 1.807) is 11.3 Å². The minimum absolute atomic E-state index is 0. The van der Waals surface area contributed by atoms with Gasteiger partial charge in [-0.3, -0.25) is 4.90 Å². The average Bonchev–Trinajstić information content (AvgIpc) is 3.12. The van der Waals surface area contributed by atoms with Crippen LogP contribution in [0.2, 0.25) is 0 Å². The Labute approximate surface area is 171 Å². The monoisotopic (exact) mass is 399 g/mol. The van der Waals surface area contributed by atoms with Gasteiger partial charge in [-0.25, -0.2) is 0 Å². The SMILES string of the molecule is C[C@@H]([C@@H](O)c1csc2ccccc12)N1CC=C(Cc2ccccc2)CC1.Cl. The Morgan fingerprint density at radius 1 is 1.07 bits per heavy atom. The molecule has 3 aromatic rings. The number of aliphatic hydroxyl groups is 1. The highest BCUT2D eigenvalue weighted by Gasteiger charge is 2.26. The molecule has 0 bridgehead atoms. The maximum atomic E-state index is 11.0. The summed E-state index contributed by atoms with van der Waals surface area (Å²) in [5.74, 6) is 0. The lowest BCUT2D eigenvalue weighted by Gasteiger charge is -2.34. The molecular formula is C23H26ClNOS. The Morgan fingerprint density at radius 2 is 1.81 bits per heavy atom. The van der Waals surface area contributed by atoms with Crippen LogP contribution < -0.4 is 0 Å². The minimum Gasteiger partial charge on any atom is -0.387 e. The summed E-state index contributed by atoms with van der Waals surface area (Å²) in [5.41, 5.74) is 3.96. The zero-order chi connectivity index (χ0) is 17.9. The Balaban J connectivity index is 0.00000210. The summed E-state index contributed by atoms with van der Waals surface area (Å²) in [5, 5.41) is 14.3. The first-order valence-electron chi connectivity index (χ1n) is 9.32. The maximum absolute atomic E-state index is 11.0. The van der Waals surface area contributed by atoms with E-state index in [0.717, 1.165) is 31.5 Å². The molecule has 2 heterocycles. The summed E-state index contributed by atoms with van der Waals surface area (Å²) in [6, 6.07) is 19.1. The molecule has 0 unspecified atom stereocenters. The number of thiophene rings is 1. The fourth-order valence-corrected chi connectivity index (χ4v) is 4.79. The number of hydrogen-bond acceptors (Lipinski definition) is 3. The standard InChI is InChI=1S/C23H25NOS.ClH/c1-17(23(25)21-16-26-22-10-6-5-9-20(21)22)24-13-11-19(12-14-24)15-18-7-3-2-4-8-18;/h2-11,16-17,23,25H,12-15H2,1H3;1H/t17-,23+;/m0./s1. The molecule has 0 saturated heterocycles. The van der Waals surface area contributed by atoms with Crippen LogP contribution in [0.1, 0.15) is 30.6 Å². The maximum Gasteiger partial charge on any atom is 0.0956 e. The zero-order valence-corrected chi connectivity index (χ0v) is 17.2. The van der Waals surface area contributed by atoms with E-state index in [-0.39, 0.29) is 18.4 Å². The third kappa shape index (κ3) is 4.44. The van der Waals surface area contributed by atoms with Crippen LogP contribution in [-0.4, -0.2) is 29.1 Å². The fraction of sp³-hybridized carbons (Fsp3) is 0.304. The van der Waals surface area contributed by atoms with E-state index in [1.165, 1.54) is 21.2 Å². The van der Waals surface area contributed by atoms with Crippen molar-refractivity contribution >= 4 is 33.8 Å². The molecule has 1 N–H and O–H groups in total. The highest BCUT2D eigenvalue weighted by molar-refractivity contribution is 7.17. The molecule has 4 rings (SSSR count). The normalized spacial score (nSPS) is 17.2. The molecule has 142 valence electrons. The summed E-state index contributed by atoms with van der Waals surface area (Å²) >= 11 is 1.72. The summed E-state index contributed by atoms with van der Waals surface area (Å²) < 4.78 is 1.25. The molecule has 1 aliphatic heterocycles. The minimum atomic E-state index is -0.449. The van der Waals surface area contributed by atoms with Crippen LogP contribution in [0, 0.1) is 0 Å². The molecule has 1 aliphatic rings. The van der Waals surface area contributed by atoms with Gasteiger partial charge in [0, 0.05) is 29.4 Å². The van der Waals surface area contributed by atoms with Crippen molar-refractivity contribution in [3.8, 4) is 0 Å². The lowest BCUT2D eigenvalue weighted by atomic mass is 9.96. The topological polar surface area (TPSA) is 23.5 Å². The number of rotatable bonds is 5. The second-order valence-electron chi connectivity index (χ2n) is 7.14. The van der Waals surface area contributed by atoms with Crippen LogP contribution in [0.5, 0.6) is 0 Å². The number of fused-ring (bicyclic) bond motifs is 1. The van der Waals surface area contributed by atoms with E-state index in [0.29, 0.717) is 0 Å². The number of nitrogens with zero attached hydrogens (tertiary/aromatic N) is 1. The molecule has 2 nitrogen and oxygen atoms in total. The van der Waals surface area contributed by atoms with Crippen LogP contribution >= 0.6 is 23.7 Å². The first-order chi connectivity index (χ1) is 12.7. The third-order valence-corrected chi connectivity index (χ3v) is 6.45. The van der Waals surface area contributed by atoms with Gasteiger partial charge in [-0.1, -0.05) is 60.2 Å². The predicted octanol–water partition coefficient (Wildman–Crippen LogP) is 5.62.